The van der Waals surface area contributed by atoms with Gasteiger partial charge in [-0.25, -0.2) is 0 Å². The molecule has 0 unspecified atom stereocenters. The smallest absolute Gasteiger partial charge is 0.161 e. The van der Waals surface area contributed by atoms with Crippen molar-refractivity contribution in [3.63, 3.8) is 0 Å². The second-order valence-corrected chi connectivity index (χ2v) is 6.90. The first-order valence-corrected chi connectivity index (χ1v) is 9.45. The van der Waals surface area contributed by atoms with Gasteiger partial charge in [-0.15, -0.1) is 0 Å². The second kappa shape index (κ2) is 8.76. The molecule has 1 aromatic heterocycles. The largest absolute Gasteiger partial charge is 0.487 e. The quantitative estimate of drug-likeness (QED) is 0.622. The highest BCUT2D eigenvalue weighted by molar-refractivity contribution is 5.43. The van der Waals surface area contributed by atoms with Gasteiger partial charge >= 0.3 is 0 Å². The Morgan fingerprint density at radius 2 is 1.64 bits per heavy atom. The van der Waals surface area contributed by atoms with Crippen LogP contribution >= 0.6 is 0 Å². The van der Waals surface area contributed by atoms with Crippen molar-refractivity contribution in [1.82, 2.24) is 9.88 Å². The summed E-state index contributed by atoms with van der Waals surface area (Å²) in [6.07, 6.45) is 1.78. The van der Waals surface area contributed by atoms with Crippen LogP contribution in [0.4, 0.5) is 0 Å². The lowest BCUT2D eigenvalue weighted by atomic mass is 10.1. The fourth-order valence-electron chi connectivity index (χ4n) is 3.20. The summed E-state index contributed by atoms with van der Waals surface area (Å²) in [5.41, 5.74) is 3.37. The average Bonchev–Trinajstić information content (AvgIpc) is 2.74. The predicted molar refractivity (Wildman–Crippen MR) is 108 cm³/mol. The van der Waals surface area contributed by atoms with Gasteiger partial charge in [-0.1, -0.05) is 24.3 Å². The maximum absolute atomic E-state index is 5.80. The summed E-state index contributed by atoms with van der Waals surface area (Å²) in [6.45, 7) is 3.41. The van der Waals surface area contributed by atoms with Gasteiger partial charge in [-0.05, 0) is 54.6 Å². The van der Waals surface area contributed by atoms with Gasteiger partial charge in [0.2, 0.25) is 0 Å². The monoisotopic (exact) mass is 376 g/mol. The van der Waals surface area contributed by atoms with E-state index in [0.29, 0.717) is 19.8 Å². The fourth-order valence-corrected chi connectivity index (χ4v) is 3.20. The molecule has 0 fully saturated rings. The van der Waals surface area contributed by atoms with Crippen molar-refractivity contribution in [1.29, 1.82) is 0 Å². The molecular formula is C23H24N2O3. The molecule has 0 N–H and O–H groups in total. The summed E-state index contributed by atoms with van der Waals surface area (Å²) < 4.78 is 17.1. The van der Waals surface area contributed by atoms with E-state index in [0.717, 1.165) is 36.0 Å². The first-order valence-electron chi connectivity index (χ1n) is 9.45. The molecule has 0 amide bonds. The van der Waals surface area contributed by atoms with E-state index >= 15 is 0 Å². The third-order valence-corrected chi connectivity index (χ3v) is 4.55. The van der Waals surface area contributed by atoms with Crippen LogP contribution in [-0.2, 0) is 19.7 Å². The zero-order valence-corrected chi connectivity index (χ0v) is 16.0. The summed E-state index contributed by atoms with van der Waals surface area (Å²) in [4.78, 5) is 6.54. The Kier molecular flexibility index (Phi) is 5.73. The van der Waals surface area contributed by atoms with Crippen LogP contribution in [0.1, 0.15) is 16.8 Å². The van der Waals surface area contributed by atoms with E-state index < -0.39 is 0 Å². The fraction of sp³-hybridized carbons (Fsp3) is 0.261. The highest BCUT2D eigenvalue weighted by Crippen LogP contribution is 2.31. The van der Waals surface area contributed by atoms with Crippen LogP contribution in [-0.4, -0.2) is 30.1 Å². The number of hydrogen-bond donors (Lipinski definition) is 0. The van der Waals surface area contributed by atoms with Crippen molar-refractivity contribution in [2.75, 3.05) is 20.3 Å². The minimum atomic E-state index is 0.476. The van der Waals surface area contributed by atoms with E-state index in [4.69, 9.17) is 14.2 Å². The number of pyridine rings is 1. The van der Waals surface area contributed by atoms with E-state index in [1.165, 1.54) is 11.1 Å². The van der Waals surface area contributed by atoms with Gasteiger partial charge in [0.1, 0.15) is 25.6 Å². The Morgan fingerprint density at radius 3 is 2.43 bits per heavy atom. The zero-order chi connectivity index (χ0) is 19.2. The molecule has 0 saturated carbocycles. The molecule has 1 aliphatic heterocycles. The number of rotatable bonds is 7. The van der Waals surface area contributed by atoms with Gasteiger partial charge < -0.3 is 14.2 Å². The molecular weight excluding hydrogens is 352 g/mol. The third kappa shape index (κ3) is 4.81. The topological polar surface area (TPSA) is 43.8 Å². The van der Waals surface area contributed by atoms with E-state index in [9.17, 15) is 0 Å². The molecule has 0 radical (unpaired) electrons. The first-order chi connectivity index (χ1) is 13.8. The number of aromatic nitrogens is 1. The number of nitrogens with zero attached hydrogens (tertiary/aromatic N) is 2. The van der Waals surface area contributed by atoms with Crippen LogP contribution in [0.15, 0.2) is 66.9 Å². The number of benzene rings is 2. The van der Waals surface area contributed by atoms with Crippen LogP contribution in [0.2, 0.25) is 0 Å². The molecule has 1 aliphatic rings. The van der Waals surface area contributed by atoms with Crippen molar-refractivity contribution in [2.45, 2.75) is 19.7 Å². The molecule has 0 bridgehead atoms. The zero-order valence-electron chi connectivity index (χ0n) is 16.0. The van der Waals surface area contributed by atoms with Gasteiger partial charge in [0.25, 0.3) is 0 Å². The molecule has 0 aliphatic carbocycles. The Labute approximate surface area is 165 Å². The van der Waals surface area contributed by atoms with Crippen molar-refractivity contribution in [3.05, 3.63) is 83.7 Å². The lowest BCUT2D eigenvalue weighted by molar-refractivity contribution is 0.171. The minimum absolute atomic E-state index is 0.476. The highest BCUT2D eigenvalue weighted by atomic mass is 16.6. The molecule has 3 aromatic rings. The summed E-state index contributed by atoms with van der Waals surface area (Å²) >= 11 is 0. The molecule has 144 valence electrons. The van der Waals surface area contributed by atoms with E-state index in [1.54, 1.807) is 6.20 Å². The van der Waals surface area contributed by atoms with Crippen LogP contribution < -0.4 is 14.2 Å². The maximum Gasteiger partial charge on any atom is 0.161 e. The summed E-state index contributed by atoms with van der Waals surface area (Å²) in [5, 5.41) is 0. The Balaban J connectivity index is 1.30. The van der Waals surface area contributed by atoms with E-state index in [2.05, 4.69) is 41.2 Å². The lowest BCUT2D eigenvalue weighted by Crippen LogP contribution is -2.18. The second-order valence-electron chi connectivity index (χ2n) is 6.90. The minimum Gasteiger partial charge on any atom is -0.487 e. The Morgan fingerprint density at radius 1 is 0.893 bits per heavy atom. The predicted octanol–water partition coefficient (Wildman–Crippen LogP) is 4.06. The first kappa shape index (κ1) is 18.3. The number of hydrogen-bond acceptors (Lipinski definition) is 5. The van der Waals surface area contributed by atoms with Crippen LogP contribution in [0.3, 0.4) is 0 Å². The van der Waals surface area contributed by atoms with Gasteiger partial charge in [0.05, 0.1) is 5.69 Å². The highest BCUT2D eigenvalue weighted by Gasteiger charge is 2.12. The third-order valence-electron chi connectivity index (χ3n) is 4.55. The summed E-state index contributed by atoms with van der Waals surface area (Å²) in [6, 6.07) is 20.2. The van der Waals surface area contributed by atoms with Gasteiger partial charge in [-0.3, -0.25) is 9.88 Å². The van der Waals surface area contributed by atoms with Crippen molar-refractivity contribution >= 4 is 0 Å². The average molecular weight is 376 g/mol. The molecule has 2 heterocycles. The van der Waals surface area contributed by atoms with E-state index in [-0.39, 0.29) is 0 Å². The number of fused-ring (bicyclic) bond motifs is 1. The molecule has 5 heteroatoms. The van der Waals surface area contributed by atoms with Crippen molar-refractivity contribution in [2.24, 2.45) is 0 Å². The molecule has 5 nitrogen and oxygen atoms in total. The molecule has 28 heavy (non-hydrogen) atoms. The van der Waals surface area contributed by atoms with Crippen LogP contribution in [0, 0.1) is 0 Å². The standard InChI is InChI=1S/C23H24N2O3/c1-25(16-19-7-10-22-23(14-19)27-13-12-26-22)15-18-5-8-21(9-6-18)28-17-20-4-2-3-11-24-20/h2-11,14H,12-13,15-17H2,1H3. The summed E-state index contributed by atoms with van der Waals surface area (Å²) in [5.74, 6) is 2.52. The maximum atomic E-state index is 5.80. The summed E-state index contributed by atoms with van der Waals surface area (Å²) in [7, 11) is 2.11. The van der Waals surface area contributed by atoms with Crippen molar-refractivity contribution in [3.8, 4) is 17.2 Å². The Hall–Kier alpha value is -3.05. The Bertz CT molecular complexity index is 897. The SMILES string of the molecule is CN(Cc1ccc(OCc2ccccn2)cc1)Cc1ccc2c(c1)OCCO2. The van der Waals surface area contributed by atoms with Crippen LogP contribution in [0.5, 0.6) is 17.2 Å². The van der Waals surface area contributed by atoms with Gasteiger partial charge in [0, 0.05) is 19.3 Å². The number of ether oxygens (including phenoxy) is 3. The molecule has 0 atom stereocenters. The van der Waals surface area contributed by atoms with Crippen molar-refractivity contribution < 1.29 is 14.2 Å². The molecule has 4 rings (SSSR count). The van der Waals surface area contributed by atoms with E-state index in [1.807, 2.05) is 36.4 Å². The molecule has 0 spiro atoms. The lowest BCUT2D eigenvalue weighted by Gasteiger charge is -2.21. The van der Waals surface area contributed by atoms with Gasteiger partial charge in [-0.2, -0.15) is 0 Å². The molecule has 0 saturated heterocycles. The molecule has 2 aromatic carbocycles. The van der Waals surface area contributed by atoms with Crippen LogP contribution in [0.25, 0.3) is 0 Å². The van der Waals surface area contributed by atoms with Gasteiger partial charge in [0.15, 0.2) is 11.5 Å². The normalized spacial score (nSPS) is 12.8.